The molecule has 0 saturated carbocycles. The van der Waals surface area contributed by atoms with Crippen molar-refractivity contribution < 1.29 is 9.53 Å². The molecule has 7 nitrogen and oxygen atoms in total. The minimum atomic E-state index is -0.0254. The third kappa shape index (κ3) is 2.80. The lowest BCUT2D eigenvalue weighted by Crippen LogP contribution is -2.42. The molecule has 7 heteroatoms. The third-order valence-electron chi connectivity index (χ3n) is 6.39. The summed E-state index contributed by atoms with van der Waals surface area (Å²) in [5.74, 6) is 0.711. The highest BCUT2D eigenvalue weighted by atomic mass is 16.5. The zero-order chi connectivity index (χ0) is 20.9. The van der Waals surface area contributed by atoms with Crippen molar-refractivity contribution in [1.29, 1.82) is 0 Å². The van der Waals surface area contributed by atoms with Gasteiger partial charge in [-0.25, -0.2) is 4.98 Å². The molecule has 2 aromatic carbocycles. The number of amides is 1. The summed E-state index contributed by atoms with van der Waals surface area (Å²) in [5.41, 5.74) is 3.71. The predicted octanol–water partition coefficient (Wildman–Crippen LogP) is 2.43. The van der Waals surface area contributed by atoms with E-state index in [0.717, 1.165) is 28.6 Å². The van der Waals surface area contributed by atoms with Gasteiger partial charge in [-0.2, -0.15) is 0 Å². The monoisotopic (exact) mass is 414 g/mol. The highest BCUT2D eigenvalue weighted by Gasteiger charge is 2.29. The summed E-state index contributed by atoms with van der Waals surface area (Å²) < 4.78 is 9.21. The predicted molar refractivity (Wildman–Crippen MR) is 118 cm³/mol. The van der Waals surface area contributed by atoms with Gasteiger partial charge in [0.1, 0.15) is 6.54 Å². The molecule has 0 atom stereocenters. The maximum Gasteiger partial charge on any atom is 0.261 e. The fourth-order valence-corrected chi connectivity index (χ4v) is 4.88. The van der Waals surface area contributed by atoms with Crippen LogP contribution in [0.15, 0.2) is 53.3 Å². The molecule has 0 aliphatic carbocycles. The summed E-state index contributed by atoms with van der Waals surface area (Å²) >= 11 is 0. The smallest absolute Gasteiger partial charge is 0.261 e. The first kappa shape index (κ1) is 18.3. The van der Waals surface area contributed by atoms with Crippen molar-refractivity contribution in [3.63, 3.8) is 0 Å². The average Bonchev–Trinajstić information content (AvgIpc) is 3.14. The third-order valence-corrected chi connectivity index (χ3v) is 6.39. The van der Waals surface area contributed by atoms with Gasteiger partial charge in [0.15, 0.2) is 5.82 Å². The van der Waals surface area contributed by atoms with Crippen LogP contribution in [0.3, 0.4) is 0 Å². The lowest BCUT2D eigenvalue weighted by Gasteiger charge is -2.28. The van der Waals surface area contributed by atoms with Crippen LogP contribution in [-0.2, 0) is 29.0 Å². The number of carbonyl (C=O) groups is 1. The number of para-hydroxylation sites is 2. The van der Waals surface area contributed by atoms with E-state index in [-0.39, 0.29) is 18.0 Å². The minimum absolute atomic E-state index is 0.0254. The topological polar surface area (TPSA) is 69.4 Å². The summed E-state index contributed by atoms with van der Waals surface area (Å²) in [5, 5.41) is 1.75. The molecule has 4 heterocycles. The van der Waals surface area contributed by atoms with Gasteiger partial charge in [-0.3, -0.25) is 14.2 Å². The first-order valence-corrected chi connectivity index (χ1v) is 10.7. The van der Waals surface area contributed by atoms with Crippen molar-refractivity contribution in [1.82, 2.24) is 19.0 Å². The van der Waals surface area contributed by atoms with Crippen molar-refractivity contribution >= 4 is 27.7 Å². The highest BCUT2D eigenvalue weighted by molar-refractivity contribution is 5.93. The SMILES string of the molecule is O=C(Cn1c2c(c3ccccc31)CCn1c-2nc2ccccc2c1=O)N1CCOCC1. The average molecular weight is 414 g/mol. The number of aromatic nitrogens is 3. The van der Waals surface area contributed by atoms with Crippen molar-refractivity contribution in [2.24, 2.45) is 0 Å². The van der Waals surface area contributed by atoms with Gasteiger partial charge in [0.05, 0.1) is 29.8 Å². The largest absolute Gasteiger partial charge is 0.378 e. The highest BCUT2D eigenvalue weighted by Crippen LogP contribution is 2.36. The Labute approximate surface area is 178 Å². The second-order valence-electron chi connectivity index (χ2n) is 8.08. The molecule has 1 saturated heterocycles. The van der Waals surface area contributed by atoms with Crippen molar-refractivity contribution in [2.75, 3.05) is 26.3 Å². The molecule has 2 aliphatic heterocycles. The lowest BCUT2D eigenvalue weighted by molar-refractivity contribution is -0.135. The van der Waals surface area contributed by atoms with Crippen LogP contribution in [0.5, 0.6) is 0 Å². The number of hydrogen-bond donors (Lipinski definition) is 0. The summed E-state index contributed by atoms with van der Waals surface area (Å²) in [4.78, 5) is 33.1. The maximum absolute atomic E-state index is 13.2. The molecule has 0 spiro atoms. The standard InChI is InChI=1S/C24H22N4O3/c29-21(26-11-13-31-14-12-26)15-28-20-8-4-2-5-16(20)17-9-10-27-23(22(17)28)25-19-7-3-1-6-18(19)24(27)30/h1-8H,9-15H2. The van der Waals surface area contributed by atoms with Crippen molar-refractivity contribution in [3.8, 4) is 11.5 Å². The van der Waals surface area contributed by atoms with Gasteiger partial charge in [0.25, 0.3) is 5.56 Å². The molecule has 4 aromatic rings. The van der Waals surface area contributed by atoms with Crippen LogP contribution in [0, 0.1) is 0 Å². The van der Waals surface area contributed by atoms with E-state index >= 15 is 0 Å². The molecule has 2 aliphatic rings. The Hall–Kier alpha value is -3.45. The Morgan fingerprint density at radius 2 is 1.71 bits per heavy atom. The van der Waals surface area contributed by atoms with Gasteiger partial charge in [-0.1, -0.05) is 30.3 Å². The number of carbonyl (C=O) groups excluding carboxylic acids is 1. The second-order valence-corrected chi connectivity index (χ2v) is 8.08. The fraction of sp³-hybridized carbons (Fsp3) is 0.292. The molecule has 0 radical (unpaired) electrons. The van der Waals surface area contributed by atoms with Crippen molar-refractivity contribution in [2.45, 2.75) is 19.5 Å². The fourth-order valence-electron chi connectivity index (χ4n) is 4.88. The van der Waals surface area contributed by atoms with Gasteiger partial charge in [-0.05, 0) is 30.2 Å². The van der Waals surface area contributed by atoms with E-state index in [1.165, 1.54) is 0 Å². The summed E-state index contributed by atoms with van der Waals surface area (Å²) in [7, 11) is 0. The number of benzene rings is 2. The normalized spacial score (nSPS) is 15.8. The molecule has 1 fully saturated rings. The Kier molecular flexibility index (Phi) is 4.17. The number of hydrogen-bond acceptors (Lipinski definition) is 4. The zero-order valence-corrected chi connectivity index (χ0v) is 17.1. The van der Waals surface area contributed by atoms with Crippen LogP contribution in [0.25, 0.3) is 33.3 Å². The Morgan fingerprint density at radius 1 is 0.968 bits per heavy atom. The first-order chi connectivity index (χ1) is 15.2. The van der Waals surface area contributed by atoms with Gasteiger partial charge in [-0.15, -0.1) is 0 Å². The maximum atomic E-state index is 13.2. The van der Waals surface area contributed by atoms with E-state index in [1.54, 1.807) is 4.57 Å². The van der Waals surface area contributed by atoms with Crippen LogP contribution in [0.1, 0.15) is 5.56 Å². The molecule has 1 amide bonds. The van der Waals surface area contributed by atoms with E-state index < -0.39 is 0 Å². The van der Waals surface area contributed by atoms with Crippen LogP contribution in [0.4, 0.5) is 0 Å². The van der Waals surface area contributed by atoms with Gasteiger partial charge < -0.3 is 14.2 Å². The Balaban J connectivity index is 1.57. The minimum Gasteiger partial charge on any atom is -0.378 e. The van der Waals surface area contributed by atoms with Gasteiger partial charge in [0.2, 0.25) is 5.91 Å². The summed E-state index contributed by atoms with van der Waals surface area (Å²) in [6.45, 7) is 3.17. The summed E-state index contributed by atoms with van der Waals surface area (Å²) in [6.07, 6.45) is 0.738. The number of rotatable bonds is 2. The molecule has 0 N–H and O–H groups in total. The second kappa shape index (κ2) is 7.06. The van der Waals surface area contributed by atoms with E-state index in [4.69, 9.17) is 9.72 Å². The zero-order valence-electron chi connectivity index (χ0n) is 17.1. The number of ether oxygens (including phenoxy) is 1. The van der Waals surface area contributed by atoms with Gasteiger partial charge in [0, 0.05) is 30.5 Å². The molecule has 0 bridgehead atoms. The number of morpholine rings is 1. The molecule has 156 valence electrons. The van der Waals surface area contributed by atoms with E-state index in [1.807, 2.05) is 47.4 Å². The number of fused-ring (bicyclic) bond motifs is 6. The van der Waals surface area contributed by atoms with Crippen LogP contribution < -0.4 is 5.56 Å². The molecular weight excluding hydrogens is 392 g/mol. The van der Waals surface area contributed by atoms with E-state index in [9.17, 15) is 9.59 Å². The number of nitrogens with zero attached hydrogens (tertiary/aromatic N) is 4. The van der Waals surface area contributed by atoms with Crippen molar-refractivity contribution in [3.05, 3.63) is 64.4 Å². The Morgan fingerprint density at radius 3 is 2.55 bits per heavy atom. The van der Waals surface area contributed by atoms with Crippen LogP contribution in [0.2, 0.25) is 0 Å². The molecule has 2 aromatic heterocycles. The first-order valence-electron chi connectivity index (χ1n) is 10.7. The van der Waals surface area contributed by atoms with Gasteiger partial charge >= 0.3 is 0 Å². The number of aryl methyl sites for hydroxylation is 1. The molecule has 31 heavy (non-hydrogen) atoms. The Bertz CT molecular complexity index is 1400. The molecular formula is C24H22N4O3. The van der Waals surface area contributed by atoms with Crippen LogP contribution in [-0.4, -0.2) is 51.2 Å². The quantitative estimate of drug-likeness (QED) is 0.505. The molecule has 6 rings (SSSR count). The van der Waals surface area contributed by atoms with E-state index in [0.29, 0.717) is 49.6 Å². The van der Waals surface area contributed by atoms with Crippen LogP contribution >= 0.6 is 0 Å². The van der Waals surface area contributed by atoms with E-state index in [2.05, 4.69) is 10.6 Å². The summed E-state index contributed by atoms with van der Waals surface area (Å²) in [6, 6.07) is 15.6. The molecule has 0 unspecified atom stereocenters. The lowest BCUT2D eigenvalue weighted by atomic mass is 10.0.